The summed E-state index contributed by atoms with van der Waals surface area (Å²) >= 11 is 0. The van der Waals surface area contributed by atoms with Crippen LogP contribution in [0.15, 0.2) is 24.3 Å². The van der Waals surface area contributed by atoms with Crippen molar-refractivity contribution in [2.45, 2.75) is 38.6 Å². The van der Waals surface area contributed by atoms with Crippen molar-refractivity contribution in [3.8, 4) is 0 Å². The molecule has 2 N–H and O–H groups in total. The Morgan fingerprint density at radius 1 is 1.08 bits per heavy atom. The van der Waals surface area contributed by atoms with Crippen molar-refractivity contribution in [2.24, 2.45) is 0 Å². The SMILES string of the molecule is CCC(CC)(CC(=O)O)NC(=O)CN1C(=O)c2ccccc2C1=O. The first-order valence-corrected chi connectivity index (χ1v) is 7.81. The van der Waals surface area contributed by atoms with Crippen LogP contribution in [0.1, 0.15) is 53.8 Å². The van der Waals surface area contributed by atoms with Gasteiger partial charge in [0.15, 0.2) is 0 Å². The Morgan fingerprint density at radius 2 is 1.58 bits per heavy atom. The summed E-state index contributed by atoms with van der Waals surface area (Å²) in [5.41, 5.74) is -0.335. The average Bonchev–Trinajstić information content (AvgIpc) is 2.79. The molecular formula is C17H20N2O5. The second-order valence-corrected chi connectivity index (χ2v) is 5.85. The number of rotatable bonds is 7. The number of carboxylic acids is 1. The third-order valence-corrected chi connectivity index (χ3v) is 4.43. The summed E-state index contributed by atoms with van der Waals surface area (Å²) in [6.45, 7) is 3.15. The predicted octanol–water partition coefficient (Wildman–Crippen LogP) is 1.43. The standard InChI is InChI=1S/C17H20N2O5/c1-3-17(4-2,9-14(21)22)18-13(20)10-19-15(23)11-7-5-6-8-12(11)16(19)24/h5-8H,3-4,9-10H2,1-2H3,(H,18,20)(H,21,22). The van der Waals surface area contributed by atoms with Crippen molar-refractivity contribution >= 4 is 23.7 Å². The fourth-order valence-electron chi connectivity index (χ4n) is 2.87. The van der Waals surface area contributed by atoms with Gasteiger partial charge in [-0.25, -0.2) is 0 Å². The van der Waals surface area contributed by atoms with E-state index in [0.29, 0.717) is 12.8 Å². The molecule has 3 amide bonds. The van der Waals surface area contributed by atoms with Gasteiger partial charge in [0.25, 0.3) is 11.8 Å². The molecule has 1 heterocycles. The van der Waals surface area contributed by atoms with E-state index in [1.807, 2.05) is 0 Å². The molecular weight excluding hydrogens is 312 g/mol. The number of benzene rings is 1. The highest BCUT2D eigenvalue weighted by molar-refractivity contribution is 6.22. The molecule has 0 aromatic heterocycles. The maximum absolute atomic E-state index is 12.3. The van der Waals surface area contributed by atoms with Gasteiger partial charge in [0.1, 0.15) is 6.54 Å². The van der Waals surface area contributed by atoms with Crippen molar-refractivity contribution in [1.82, 2.24) is 10.2 Å². The van der Waals surface area contributed by atoms with E-state index in [0.717, 1.165) is 4.90 Å². The van der Waals surface area contributed by atoms with Gasteiger partial charge in [-0.05, 0) is 25.0 Å². The number of carboxylic acid groups (broad SMARTS) is 1. The van der Waals surface area contributed by atoms with E-state index < -0.39 is 35.8 Å². The van der Waals surface area contributed by atoms with E-state index in [9.17, 15) is 19.2 Å². The first-order chi connectivity index (χ1) is 11.3. The number of nitrogens with one attached hydrogen (secondary N) is 1. The van der Waals surface area contributed by atoms with E-state index in [1.54, 1.807) is 38.1 Å². The minimum Gasteiger partial charge on any atom is -0.481 e. The zero-order valence-corrected chi connectivity index (χ0v) is 13.7. The van der Waals surface area contributed by atoms with Crippen LogP contribution in [0.4, 0.5) is 0 Å². The summed E-state index contributed by atoms with van der Waals surface area (Å²) in [7, 11) is 0. The van der Waals surface area contributed by atoms with Gasteiger partial charge in [0.05, 0.1) is 23.1 Å². The van der Waals surface area contributed by atoms with Gasteiger partial charge < -0.3 is 10.4 Å². The highest BCUT2D eigenvalue weighted by atomic mass is 16.4. The second kappa shape index (κ2) is 6.82. The number of carbonyl (C=O) groups excluding carboxylic acids is 3. The second-order valence-electron chi connectivity index (χ2n) is 5.85. The van der Waals surface area contributed by atoms with Crippen LogP contribution in [0.3, 0.4) is 0 Å². The van der Waals surface area contributed by atoms with Gasteiger partial charge in [0.2, 0.25) is 5.91 Å². The summed E-state index contributed by atoms with van der Waals surface area (Å²) in [5, 5.41) is 11.7. The van der Waals surface area contributed by atoms with Crippen molar-refractivity contribution in [1.29, 1.82) is 0 Å². The monoisotopic (exact) mass is 332 g/mol. The summed E-state index contributed by atoms with van der Waals surface area (Å²) < 4.78 is 0. The molecule has 0 saturated heterocycles. The van der Waals surface area contributed by atoms with Gasteiger partial charge in [-0.3, -0.25) is 24.1 Å². The number of amides is 3. The third-order valence-electron chi connectivity index (χ3n) is 4.43. The molecule has 0 spiro atoms. The minimum atomic E-state index is -1.01. The Labute approximate surface area is 139 Å². The summed E-state index contributed by atoms with van der Waals surface area (Å²) in [5.74, 6) is -2.58. The molecule has 1 aliphatic heterocycles. The zero-order valence-electron chi connectivity index (χ0n) is 13.7. The van der Waals surface area contributed by atoms with E-state index >= 15 is 0 Å². The van der Waals surface area contributed by atoms with Crippen LogP contribution in [0.25, 0.3) is 0 Å². The van der Waals surface area contributed by atoms with Crippen LogP contribution in [0, 0.1) is 0 Å². The first kappa shape index (κ1) is 17.7. The number of imide groups is 1. The Balaban J connectivity index is 2.12. The topological polar surface area (TPSA) is 104 Å². The van der Waals surface area contributed by atoms with Crippen molar-refractivity contribution < 1.29 is 24.3 Å². The van der Waals surface area contributed by atoms with E-state index in [2.05, 4.69) is 5.32 Å². The molecule has 128 valence electrons. The zero-order chi connectivity index (χ0) is 17.9. The summed E-state index contributed by atoms with van der Waals surface area (Å²) in [4.78, 5) is 48.7. The molecule has 0 bridgehead atoms. The number of carbonyl (C=O) groups is 4. The lowest BCUT2D eigenvalue weighted by atomic mass is 9.89. The van der Waals surface area contributed by atoms with Crippen LogP contribution < -0.4 is 5.32 Å². The molecule has 24 heavy (non-hydrogen) atoms. The van der Waals surface area contributed by atoms with Crippen molar-refractivity contribution in [2.75, 3.05) is 6.54 Å². The highest BCUT2D eigenvalue weighted by Gasteiger charge is 2.38. The fourth-order valence-corrected chi connectivity index (χ4v) is 2.87. The largest absolute Gasteiger partial charge is 0.481 e. The maximum atomic E-state index is 12.3. The highest BCUT2D eigenvalue weighted by Crippen LogP contribution is 2.23. The molecule has 7 nitrogen and oxygen atoms in total. The molecule has 1 aromatic carbocycles. The first-order valence-electron chi connectivity index (χ1n) is 7.81. The van der Waals surface area contributed by atoms with Crippen LogP contribution in [-0.4, -0.2) is 45.8 Å². The van der Waals surface area contributed by atoms with Gasteiger partial charge in [-0.2, -0.15) is 0 Å². The van der Waals surface area contributed by atoms with Crippen LogP contribution in [0.2, 0.25) is 0 Å². The van der Waals surface area contributed by atoms with Crippen molar-refractivity contribution in [3.63, 3.8) is 0 Å². The van der Waals surface area contributed by atoms with E-state index in [1.165, 1.54) is 0 Å². The number of fused-ring (bicyclic) bond motifs is 1. The molecule has 0 unspecified atom stereocenters. The number of nitrogens with zero attached hydrogens (tertiary/aromatic N) is 1. The lowest BCUT2D eigenvalue weighted by Gasteiger charge is -2.32. The molecule has 2 rings (SSSR count). The molecule has 0 fully saturated rings. The minimum absolute atomic E-state index is 0.214. The van der Waals surface area contributed by atoms with E-state index in [-0.39, 0.29) is 17.5 Å². The molecule has 0 aliphatic carbocycles. The molecule has 1 aliphatic rings. The Bertz CT molecular complexity index is 659. The Hall–Kier alpha value is -2.70. The maximum Gasteiger partial charge on any atom is 0.305 e. The van der Waals surface area contributed by atoms with Gasteiger partial charge >= 0.3 is 5.97 Å². The van der Waals surface area contributed by atoms with E-state index in [4.69, 9.17) is 5.11 Å². The lowest BCUT2D eigenvalue weighted by molar-refractivity contribution is -0.139. The normalized spacial score (nSPS) is 13.8. The van der Waals surface area contributed by atoms with Crippen LogP contribution in [0.5, 0.6) is 0 Å². The van der Waals surface area contributed by atoms with Crippen LogP contribution >= 0.6 is 0 Å². The number of hydrogen-bond donors (Lipinski definition) is 2. The lowest BCUT2D eigenvalue weighted by Crippen LogP contribution is -2.52. The smallest absolute Gasteiger partial charge is 0.305 e. The Morgan fingerprint density at radius 3 is 2.00 bits per heavy atom. The molecule has 7 heteroatoms. The average molecular weight is 332 g/mol. The quantitative estimate of drug-likeness (QED) is 0.735. The summed E-state index contributed by atoms with van der Waals surface area (Å²) in [6.07, 6.45) is 0.654. The van der Waals surface area contributed by atoms with Gasteiger partial charge in [0, 0.05) is 0 Å². The van der Waals surface area contributed by atoms with Gasteiger partial charge in [-0.15, -0.1) is 0 Å². The van der Waals surface area contributed by atoms with Crippen molar-refractivity contribution in [3.05, 3.63) is 35.4 Å². The number of aliphatic carboxylic acids is 1. The molecule has 0 saturated carbocycles. The molecule has 0 radical (unpaired) electrons. The fraction of sp³-hybridized carbons (Fsp3) is 0.412. The van der Waals surface area contributed by atoms with Crippen LogP contribution in [-0.2, 0) is 9.59 Å². The van der Waals surface area contributed by atoms with Gasteiger partial charge in [-0.1, -0.05) is 26.0 Å². The molecule has 1 aromatic rings. The predicted molar refractivity (Wildman–Crippen MR) is 85.5 cm³/mol. The number of hydrogen-bond acceptors (Lipinski definition) is 4. The molecule has 0 atom stereocenters. The summed E-state index contributed by atoms with van der Waals surface area (Å²) in [6, 6.07) is 6.39. The Kier molecular flexibility index (Phi) is 5.02. The third kappa shape index (κ3) is 3.29.